The second kappa shape index (κ2) is 5.25. The molecule has 1 unspecified atom stereocenters. The van der Waals surface area contributed by atoms with E-state index < -0.39 is 0 Å². The van der Waals surface area contributed by atoms with Gasteiger partial charge in [0.1, 0.15) is 0 Å². The van der Waals surface area contributed by atoms with E-state index in [1.807, 2.05) is 0 Å². The van der Waals surface area contributed by atoms with Crippen LogP contribution in [0.3, 0.4) is 0 Å². The van der Waals surface area contributed by atoms with Crippen molar-refractivity contribution in [1.82, 2.24) is 10.2 Å². The van der Waals surface area contributed by atoms with E-state index in [1.165, 1.54) is 64.8 Å². The van der Waals surface area contributed by atoms with Gasteiger partial charge < -0.3 is 15.0 Å². The van der Waals surface area contributed by atoms with E-state index in [0.29, 0.717) is 5.41 Å². The van der Waals surface area contributed by atoms with Crippen molar-refractivity contribution in [3.05, 3.63) is 0 Å². The number of rotatable bonds is 2. The third kappa shape index (κ3) is 2.83. The van der Waals surface area contributed by atoms with E-state index >= 15 is 0 Å². The summed E-state index contributed by atoms with van der Waals surface area (Å²) in [5.74, 6) is 0.806. The van der Waals surface area contributed by atoms with Crippen molar-refractivity contribution in [3.8, 4) is 0 Å². The Morgan fingerprint density at radius 3 is 2.88 bits per heavy atom. The standard InChI is InChI=1S/C14H26N2O/c1-2-13(11-17-9-1)10-16-8-5-14(12-16)3-6-15-7-4-14/h13,15H,1-12H2. The smallest absolute Gasteiger partial charge is 0.0506 e. The van der Waals surface area contributed by atoms with Crippen LogP contribution in [0, 0.1) is 11.3 Å². The molecule has 3 rings (SSSR count). The van der Waals surface area contributed by atoms with E-state index in [1.54, 1.807) is 0 Å². The van der Waals surface area contributed by atoms with E-state index in [-0.39, 0.29) is 0 Å². The summed E-state index contributed by atoms with van der Waals surface area (Å²) >= 11 is 0. The van der Waals surface area contributed by atoms with Crippen LogP contribution < -0.4 is 5.32 Å². The summed E-state index contributed by atoms with van der Waals surface area (Å²) in [7, 11) is 0. The molecule has 98 valence electrons. The zero-order chi connectivity index (χ0) is 11.6. The van der Waals surface area contributed by atoms with Gasteiger partial charge >= 0.3 is 0 Å². The molecule has 1 atom stereocenters. The minimum Gasteiger partial charge on any atom is -0.381 e. The fraction of sp³-hybridized carbons (Fsp3) is 1.00. The Balaban J connectivity index is 1.49. The van der Waals surface area contributed by atoms with Gasteiger partial charge in [0.15, 0.2) is 0 Å². The van der Waals surface area contributed by atoms with Crippen molar-refractivity contribution >= 4 is 0 Å². The van der Waals surface area contributed by atoms with Crippen LogP contribution in [0.4, 0.5) is 0 Å². The first-order valence-corrected chi connectivity index (χ1v) is 7.37. The molecule has 1 spiro atoms. The highest BCUT2D eigenvalue weighted by atomic mass is 16.5. The van der Waals surface area contributed by atoms with Crippen molar-refractivity contribution in [1.29, 1.82) is 0 Å². The molecule has 0 aliphatic carbocycles. The molecule has 3 aliphatic heterocycles. The van der Waals surface area contributed by atoms with Crippen molar-refractivity contribution in [2.45, 2.75) is 32.1 Å². The van der Waals surface area contributed by atoms with Gasteiger partial charge in [0, 0.05) is 19.7 Å². The van der Waals surface area contributed by atoms with Gasteiger partial charge in [-0.15, -0.1) is 0 Å². The summed E-state index contributed by atoms with van der Waals surface area (Å²) in [5, 5.41) is 3.49. The molecule has 0 aromatic carbocycles. The molecule has 3 nitrogen and oxygen atoms in total. The summed E-state index contributed by atoms with van der Waals surface area (Å²) in [4.78, 5) is 2.71. The van der Waals surface area contributed by atoms with E-state index in [2.05, 4.69) is 10.2 Å². The molecular weight excluding hydrogens is 212 g/mol. The topological polar surface area (TPSA) is 24.5 Å². The molecule has 3 saturated heterocycles. The van der Waals surface area contributed by atoms with Crippen molar-refractivity contribution in [2.24, 2.45) is 11.3 Å². The van der Waals surface area contributed by atoms with Crippen molar-refractivity contribution < 1.29 is 4.74 Å². The Kier molecular flexibility index (Phi) is 3.69. The first kappa shape index (κ1) is 11.9. The summed E-state index contributed by atoms with van der Waals surface area (Å²) in [6.45, 7) is 8.44. The SMILES string of the molecule is C1COCC(CN2CCC3(CCNCC3)C2)C1. The molecule has 3 heterocycles. The van der Waals surface area contributed by atoms with E-state index in [0.717, 1.165) is 19.1 Å². The fourth-order valence-electron chi connectivity index (χ4n) is 3.87. The number of likely N-dealkylation sites (tertiary alicyclic amines) is 1. The molecule has 0 aromatic heterocycles. The lowest BCUT2D eigenvalue weighted by Crippen LogP contribution is -2.40. The maximum atomic E-state index is 5.59. The molecule has 1 N–H and O–H groups in total. The van der Waals surface area contributed by atoms with Gasteiger partial charge in [0.25, 0.3) is 0 Å². The van der Waals surface area contributed by atoms with Gasteiger partial charge in [-0.05, 0) is 63.1 Å². The minimum atomic E-state index is 0.667. The monoisotopic (exact) mass is 238 g/mol. The highest BCUT2D eigenvalue weighted by Crippen LogP contribution is 2.38. The number of nitrogens with zero attached hydrogens (tertiary/aromatic N) is 1. The van der Waals surface area contributed by atoms with Gasteiger partial charge in [0.05, 0.1) is 6.61 Å². The first-order valence-electron chi connectivity index (χ1n) is 7.37. The van der Waals surface area contributed by atoms with Crippen LogP contribution in [0.1, 0.15) is 32.1 Å². The molecule has 3 fully saturated rings. The number of hydrogen-bond donors (Lipinski definition) is 1. The van der Waals surface area contributed by atoms with Crippen LogP contribution in [0.2, 0.25) is 0 Å². The Morgan fingerprint density at radius 1 is 1.24 bits per heavy atom. The number of ether oxygens (including phenoxy) is 1. The Hall–Kier alpha value is -0.120. The molecule has 0 saturated carbocycles. The Bertz CT molecular complexity index is 245. The van der Waals surface area contributed by atoms with Gasteiger partial charge in [-0.2, -0.15) is 0 Å². The summed E-state index contributed by atoms with van der Waals surface area (Å²) in [6, 6.07) is 0. The van der Waals surface area contributed by atoms with Crippen LogP contribution in [-0.4, -0.2) is 50.8 Å². The average Bonchev–Trinajstić information content (AvgIpc) is 2.74. The molecular formula is C14H26N2O. The quantitative estimate of drug-likeness (QED) is 0.789. The Morgan fingerprint density at radius 2 is 2.12 bits per heavy atom. The van der Waals surface area contributed by atoms with Crippen LogP contribution in [0.15, 0.2) is 0 Å². The lowest BCUT2D eigenvalue weighted by molar-refractivity contribution is 0.0395. The van der Waals surface area contributed by atoms with Crippen LogP contribution >= 0.6 is 0 Å². The maximum Gasteiger partial charge on any atom is 0.0506 e. The van der Waals surface area contributed by atoms with Crippen molar-refractivity contribution in [2.75, 3.05) is 45.9 Å². The van der Waals surface area contributed by atoms with Crippen LogP contribution in [0.5, 0.6) is 0 Å². The lowest BCUT2D eigenvalue weighted by Gasteiger charge is -2.34. The molecule has 0 bridgehead atoms. The number of nitrogens with one attached hydrogen (secondary N) is 1. The Labute approximate surface area is 105 Å². The highest BCUT2D eigenvalue weighted by Gasteiger charge is 2.39. The molecule has 17 heavy (non-hydrogen) atoms. The summed E-state index contributed by atoms with van der Waals surface area (Å²) in [6.07, 6.45) is 6.87. The van der Waals surface area contributed by atoms with Crippen molar-refractivity contribution in [3.63, 3.8) is 0 Å². The van der Waals surface area contributed by atoms with Gasteiger partial charge in [0.2, 0.25) is 0 Å². The van der Waals surface area contributed by atoms with Gasteiger partial charge in [-0.25, -0.2) is 0 Å². The normalized spacial score (nSPS) is 34.2. The zero-order valence-electron chi connectivity index (χ0n) is 10.9. The van der Waals surface area contributed by atoms with E-state index in [9.17, 15) is 0 Å². The lowest BCUT2D eigenvalue weighted by atomic mass is 9.78. The zero-order valence-corrected chi connectivity index (χ0v) is 10.9. The third-order valence-corrected chi connectivity index (χ3v) is 4.95. The maximum absolute atomic E-state index is 5.59. The predicted molar refractivity (Wildman–Crippen MR) is 69.1 cm³/mol. The predicted octanol–water partition coefficient (Wildman–Crippen LogP) is 1.49. The van der Waals surface area contributed by atoms with E-state index in [4.69, 9.17) is 4.74 Å². The number of piperidine rings is 1. The minimum absolute atomic E-state index is 0.667. The summed E-state index contributed by atoms with van der Waals surface area (Å²) < 4.78 is 5.59. The second-order valence-electron chi connectivity index (χ2n) is 6.32. The highest BCUT2D eigenvalue weighted by molar-refractivity contribution is 4.93. The molecule has 0 aromatic rings. The molecule has 0 amide bonds. The number of hydrogen-bond acceptors (Lipinski definition) is 3. The average molecular weight is 238 g/mol. The van der Waals surface area contributed by atoms with Crippen LogP contribution in [0.25, 0.3) is 0 Å². The summed E-state index contributed by atoms with van der Waals surface area (Å²) in [5.41, 5.74) is 0.667. The van der Waals surface area contributed by atoms with Crippen LogP contribution in [-0.2, 0) is 4.74 Å². The first-order chi connectivity index (χ1) is 8.36. The molecule has 3 heteroatoms. The third-order valence-electron chi connectivity index (χ3n) is 4.95. The molecule has 0 radical (unpaired) electrons. The largest absolute Gasteiger partial charge is 0.381 e. The van der Waals surface area contributed by atoms with Gasteiger partial charge in [-0.1, -0.05) is 0 Å². The fourth-order valence-corrected chi connectivity index (χ4v) is 3.87. The van der Waals surface area contributed by atoms with Gasteiger partial charge in [-0.3, -0.25) is 0 Å². The second-order valence-corrected chi connectivity index (χ2v) is 6.32. The molecule has 3 aliphatic rings.